The molecule has 0 aliphatic rings. The van der Waals surface area contributed by atoms with E-state index in [1.165, 1.54) is 0 Å². The average molecular weight is 388 g/mol. The first-order chi connectivity index (χ1) is 12.6. The van der Waals surface area contributed by atoms with Gasteiger partial charge in [-0.1, -0.05) is 29.3 Å². The maximum atomic E-state index is 12.0. The Hall–Kier alpha value is -2.63. The van der Waals surface area contributed by atoms with Gasteiger partial charge in [-0.05, 0) is 35.9 Å². The van der Waals surface area contributed by atoms with Gasteiger partial charge in [0.25, 0.3) is 5.91 Å². The van der Waals surface area contributed by atoms with Crippen LogP contribution in [0.1, 0.15) is 5.56 Å². The maximum absolute atomic E-state index is 12.0. The highest BCUT2D eigenvalue weighted by Gasteiger charge is 2.07. The van der Waals surface area contributed by atoms with Gasteiger partial charge in [0.1, 0.15) is 5.75 Å². The predicted octanol–water partition coefficient (Wildman–Crippen LogP) is 4.15. The molecule has 1 aromatic carbocycles. The number of amides is 1. The molecule has 1 amide bonds. The van der Waals surface area contributed by atoms with Crippen LogP contribution in [0.4, 0.5) is 0 Å². The molecule has 7 heteroatoms. The summed E-state index contributed by atoms with van der Waals surface area (Å²) >= 11 is 11.8. The fraction of sp³-hybridized carbons (Fsp3) is 0.105. The van der Waals surface area contributed by atoms with E-state index in [2.05, 4.69) is 15.3 Å². The summed E-state index contributed by atoms with van der Waals surface area (Å²) in [6, 6.07) is 10.6. The normalized spacial score (nSPS) is 10.4. The monoisotopic (exact) mass is 387 g/mol. The summed E-state index contributed by atoms with van der Waals surface area (Å²) in [5, 5.41) is 3.66. The average Bonchev–Trinajstić information content (AvgIpc) is 2.66. The lowest BCUT2D eigenvalue weighted by molar-refractivity contribution is -0.123. The molecule has 0 aliphatic heterocycles. The molecule has 0 unspecified atom stereocenters. The van der Waals surface area contributed by atoms with Crippen LogP contribution >= 0.6 is 23.2 Å². The van der Waals surface area contributed by atoms with Gasteiger partial charge in [-0.3, -0.25) is 14.8 Å². The van der Waals surface area contributed by atoms with Crippen molar-refractivity contribution < 1.29 is 9.53 Å². The van der Waals surface area contributed by atoms with E-state index < -0.39 is 0 Å². The summed E-state index contributed by atoms with van der Waals surface area (Å²) in [4.78, 5) is 20.3. The van der Waals surface area contributed by atoms with Crippen molar-refractivity contribution in [2.45, 2.75) is 6.54 Å². The van der Waals surface area contributed by atoms with Gasteiger partial charge >= 0.3 is 0 Å². The maximum Gasteiger partial charge on any atom is 0.258 e. The first-order valence-corrected chi connectivity index (χ1v) is 8.56. The highest BCUT2D eigenvalue weighted by atomic mass is 35.5. The molecule has 26 heavy (non-hydrogen) atoms. The Morgan fingerprint density at radius 3 is 2.65 bits per heavy atom. The first-order valence-electron chi connectivity index (χ1n) is 7.81. The number of halogens is 2. The summed E-state index contributed by atoms with van der Waals surface area (Å²) in [6.07, 6.45) is 6.95. The third-order valence-electron chi connectivity index (χ3n) is 3.53. The van der Waals surface area contributed by atoms with Crippen molar-refractivity contribution in [1.82, 2.24) is 15.3 Å². The molecule has 0 saturated carbocycles. The van der Waals surface area contributed by atoms with Crippen LogP contribution in [-0.4, -0.2) is 22.5 Å². The van der Waals surface area contributed by atoms with Gasteiger partial charge in [0.05, 0.1) is 5.02 Å². The van der Waals surface area contributed by atoms with Crippen LogP contribution in [0.3, 0.4) is 0 Å². The minimum absolute atomic E-state index is 0.142. The molecule has 0 spiro atoms. The fourth-order valence-electron chi connectivity index (χ4n) is 2.26. The summed E-state index contributed by atoms with van der Waals surface area (Å²) in [5.41, 5.74) is 2.78. The molecule has 132 valence electrons. The number of aromatic nitrogens is 2. The Balaban J connectivity index is 1.55. The minimum Gasteiger partial charge on any atom is -0.482 e. The number of carbonyl (C=O) groups excluding carboxylic acids is 1. The van der Waals surface area contributed by atoms with Gasteiger partial charge < -0.3 is 10.1 Å². The third kappa shape index (κ3) is 4.94. The molecule has 3 rings (SSSR count). The largest absolute Gasteiger partial charge is 0.482 e. The fourth-order valence-corrected chi connectivity index (χ4v) is 2.73. The Morgan fingerprint density at radius 1 is 1.04 bits per heavy atom. The summed E-state index contributed by atoms with van der Waals surface area (Å²) in [5.74, 6) is 0.147. The van der Waals surface area contributed by atoms with Crippen molar-refractivity contribution in [1.29, 1.82) is 0 Å². The van der Waals surface area contributed by atoms with Crippen molar-refractivity contribution in [3.05, 3.63) is 76.8 Å². The number of pyridine rings is 2. The molecule has 3 aromatic rings. The smallest absolute Gasteiger partial charge is 0.258 e. The number of carbonyl (C=O) groups is 1. The van der Waals surface area contributed by atoms with E-state index in [1.54, 1.807) is 43.0 Å². The van der Waals surface area contributed by atoms with Crippen molar-refractivity contribution in [3.63, 3.8) is 0 Å². The number of hydrogen-bond acceptors (Lipinski definition) is 4. The molecule has 0 saturated heterocycles. The molecule has 0 bridgehead atoms. The molecule has 0 fully saturated rings. The molecule has 2 heterocycles. The lowest BCUT2D eigenvalue weighted by atomic mass is 10.1. The zero-order chi connectivity index (χ0) is 18.4. The zero-order valence-corrected chi connectivity index (χ0v) is 15.2. The highest BCUT2D eigenvalue weighted by molar-refractivity contribution is 6.35. The van der Waals surface area contributed by atoms with Crippen molar-refractivity contribution in [2.24, 2.45) is 0 Å². The lowest BCUT2D eigenvalue weighted by Gasteiger charge is -2.09. The van der Waals surface area contributed by atoms with E-state index in [4.69, 9.17) is 27.9 Å². The molecule has 2 aromatic heterocycles. The van der Waals surface area contributed by atoms with Gasteiger partial charge in [-0.25, -0.2) is 0 Å². The predicted molar refractivity (Wildman–Crippen MR) is 101 cm³/mol. The van der Waals surface area contributed by atoms with Crippen LogP contribution in [0.25, 0.3) is 11.1 Å². The van der Waals surface area contributed by atoms with Gasteiger partial charge in [0.2, 0.25) is 0 Å². The van der Waals surface area contributed by atoms with Crippen molar-refractivity contribution >= 4 is 29.1 Å². The Bertz CT molecular complexity index is 904. The van der Waals surface area contributed by atoms with E-state index in [0.29, 0.717) is 22.3 Å². The van der Waals surface area contributed by atoms with Crippen LogP contribution in [-0.2, 0) is 11.3 Å². The van der Waals surface area contributed by atoms with Crippen molar-refractivity contribution in [3.8, 4) is 16.9 Å². The second-order valence-corrected chi connectivity index (χ2v) is 6.31. The number of benzene rings is 1. The van der Waals surface area contributed by atoms with Crippen molar-refractivity contribution in [2.75, 3.05) is 6.61 Å². The summed E-state index contributed by atoms with van der Waals surface area (Å²) in [7, 11) is 0. The SMILES string of the molecule is O=C(COc1ccc(Cl)cc1Cl)NCc1cncc(-c2cccnc2)c1. The third-order valence-corrected chi connectivity index (χ3v) is 4.06. The number of nitrogens with zero attached hydrogens (tertiary/aromatic N) is 2. The number of hydrogen-bond donors (Lipinski definition) is 1. The molecular weight excluding hydrogens is 373 g/mol. The van der Waals surface area contributed by atoms with Gasteiger partial charge in [-0.2, -0.15) is 0 Å². The Kier molecular flexibility index (Phi) is 6.04. The minimum atomic E-state index is -0.261. The topological polar surface area (TPSA) is 64.1 Å². The van der Waals surface area contributed by atoms with Crippen LogP contribution in [0.5, 0.6) is 5.75 Å². The Morgan fingerprint density at radius 2 is 1.88 bits per heavy atom. The van der Waals surface area contributed by atoms with E-state index in [0.717, 1.165) is 16.7 Å². The van der Waals surface area contributed by atoms with E-state index in [-0.39, 0.29) is 12.5 Å². The number of nitrogens with one attached hydrogen (secondary N) is 1. The molecular formula is C19H15Cl2N3O2. The van der Waals surface area contributed by atoms with Gasteiger partial charge in [-0.15, -0.1) is 0 Å². The van der Waals surface area contributed by atoms with Crippen LogP contribution in [0.2, 0.25) is 10.0 Å². The number of ether oxygens (including phenoxy) is 1. The summed E-state index contributed by atoms with van der Waals surface area (Å²) in [6.45, 7) is 0.203. The highest BCUT2D eigenvalue weighted by Crippen LogP contribution is 2.27. The number of rotatable bonds is 6. The molecule has 5 nitrogen and oxygen atoms in total. The standard InChI is InChI=1S/C19H15Cl2N3O2/c20-16-3-4-18(17(21)7-16)26-12-19(25)24-9-13-6-15(11-23-8-13)14-2-1-5-22-10-14/h1-8,10-11H,9,12H2,(H,24,25). The molecule has 1 N–H and O–H groups in total. The molecule has 0 atom stereocenters. The van der Waals surface area contributed by atoms with E-state index >= 15 is 0 Å². The molecule has 0 radical (unpaired) electrons. The van der Waals surface area contributed by atoms with Crippen LogP contribution in [0, 0.1) is 0 Å². The quantitative estimate of drug-likeness (QED) is 0.689. The second-order valence-electron chi connectivity index (χ2n) is 5.46. The Labute approximate surface area is 161 Å². The van der Waals surface area contributed by atoms with Crippen LogP contribution < -0.4 is 10.1 Å². The first kappa shape index (κ1) is 18.2. The zero-order valence-electron chi connectivity index (χ0n) is 13.7. The van der Waals surface area contributed by atoms with E-state index in [1.807, 2.05) is 18.2 Å². The lowest BCUT2D eigenvalue weighted by Crippen LogP contribution is -2.28. The second kappa shape index (κ2) is 8.65. The van der Waals surface area contributed by atoms with Gasteiger partial charge in [0, 0.05) is 47.5 Å². The van der Waals surface area contributed by atoms with E-state index in [9.17, 15) is 4.79 Å². The van der Waals surface area contributed by atoms with Crippen LogP contribution in [0.15, 0.2) is 61.2 Å². The molecule has 0 aliphatic carbocycles. The summed E-state index contributed by atoms with van der Waals surface area (Å²) < 4.78 is 5.41. The van der Waals surface area contributed by atoms with Gasteiger partial charge in [0.15, 0.2) is 6.61 Å².